The van der Waals surface area contributed by atoms with Gasteiger partial charge in [-0.3, -0.25) is 4.90 Å². The Kier molecular flexibility index (Phi) is 4.36. The summed E-state index contributed by atoms with van der Waals surface area (Å²) in [5.74, 6) is 2.56. The number of para-hydroxylation sites is 1. The van der Waals surface area contributed by atoms with Crippen LogP contribution in [0, 0.1) is 11.8 Å². The Morgan fingerprint density at radius 3 is 2.47 bits per heavy atom. The molecule has 1 heterocycles. The van der Waals surface area contributed by atoms with Gasteiger partial charge in [0.25, 0.3) is 0 Å². The van der Waals surface area contributed by atoms with Crippen molar-refractivity contribution in [1.29, 1.82) is 0 Å². The highest BCUT2D eigenvalue weighted by atomic mass is 16.5. The van der Waals surface area contributed by atoms with Crippen LogP contribution in [0.1, 0.15) is 12.8 Å². The molecule has 1 aliphatic heterocycles. The summed E-state index contributed by atoms with van der Waals surface area (Å²) in [5, 5.41) is 0. The first-order valence-corrected chi connectivity index (χ1v) is 7.40. The van der Waals surface area contributed by atoms with Crippen molar-refractivity contribution in [1.82, 2.24) is 4.90 Å². The molecule has 0 N–H and O–H groups in total. The third-order valence-electron chi connectivity index (χ3n) is 4.38. The molecule has 1 aromatic carbocycles. The van der Waals surface area contributed by atoms with Crippen LogP contribution >= 0.6 is 0 Å². The van der Waals surface area contributed by atoms with E-state index in [0.717, 1.165) is 50.5 Å². The van der Waals surface area contributed by atoms with Gasteiger partial charge in [-0.05, 0) is 36.8 Å². The Morgan fingerprint density at radius 1 is 1.05 bits per heavy atom. The van der Waals surface area contributed by atoms with Gasteiger partial charge in [0.2, 0.25) is 0 Å². The van der Waals surface area contributed by atoms with E-state index in [-0.39, 0.29) is 0 Å². The number of nitrogens with zero attached hydrogens (tertiary/aromatic N) is 1. The Balaban J connectivity index is 1.42. The smallest absolute Gasteiger partial charge is 0.119 e. The van der Waals surface area contributed by atoms with Gasteiger partial charge in [0.15, 0.2) is 0 Å². The van der Waals surface area contributed by atoms with Crippen LogP contribution in [-0.4, -0.2) is 44.4 Å². The van der Waals surface area contributed by atoms with Crippen molar-refractivity contribution in [3.63, 3.8) is 0 Å². The van der Waals surface area contributed by atoms with Crippen molar-refractivity contribution in [3.05, 3.63) is 30.3 Å². The van der Waals surface area contributed by atoms with E-state index >= 15 is 0 Å². The van der Waals surface area contributed by atoms with E-state index in [4.69, 9.17) is 9.47 Å². The van der Waals surface area contributed by atoms with Gasteiger partial charge in [0.05, 0.1) is 19.8 Å². The average molecular weight is 261 g/mol. The summed E-state index contributed by atoms with van der Waals surface area (Å²) < 4.78 is 11.3. The van der Waals surface area contributed by atoms with Crippen molar-refractivity contribution in [3.8, 4) is 5.75 Å². The van der Waals surface area contributed by atoms with E-state index in [2.05, 4.69) is 4.90 Å². The summed E-state index contributed by atoms with van der Waals surface area (Å²) in [6.45, 7) is 6.10. The number of hydrogen-bond donors (Lipinski definition) is 0. The summed E-state index contributed by atoms with van der Waals surface area (Å²) in [4.78, 5) is 2.54. The SMILES string of the molecule is c1ccc(OC[C@@H]2CC[C@@H]2CN2CCOCC2)cc1. The molecule has 1 saturated carbocycles. The molecule has 2 aliphatic rings. The maximum absolute atomic E-state index is 5.89. The number of rotatable bonds is 5. The highest BCUT2D eigenvalue weighted by Crippen LogP contribution is 2.35. The molecule has 0 spiro atoms. The Morgan fingerprint density at radius 2 is 1.79 bits per heavy atom. The molecule has 1 aromatic rings. The van der Waals surface area contributed by atoms with Crippen LogP contribution in [-0.2, 0) is 4.74 Å². The van der Waals surface area contributed by atoms with Gasteiger partial charge in [0.1, 0.15) is 5.75 Å². The second kappa shape index (κ2) is 6.40. The predicted molar refractivity (Wildman–Crippen MR) is 75.4 cm³/mol. The van der Waals surface area contributed by atoms with Crippen LogP contribution in [0.25, 0.3) is 0 Å². The van der Waals surface area contributed by atoms with Crippen LogP contribution in [0.5, 0.6) is 5.75 Å². The molecular formula is C16H23NO2. The first-order chi connectivity index (χ1) is 9.42. The summed E-state index contributed by atoms with van der Waals surface area (Å²) in [6, 6.07) is 10.2. The molecule has 0 amide bonds. The molecule has 3 rings (SSSR count). The van der Waals surface area contributed by atoms with Gasteiger partial charge < -0.3 is 9.47 Å². The number of hydrogen-bond acceptors (Lipinski definition) is 3. The maximum atomic E-state index is 5.89. The maximum Gasteiger partial charge on any atom is 0.119 e. The predicted octanol–water partition coefficient (Wildman–Crippen LogP) is 2.42. The topological polar surface area (TPSA) is 21.7 Å². The minimum absolute atomic E-state index is 0.739. The van der Waals surface area contributed by atoms with Gasteiger partial charge in [0, 0.05) is 19.6 Å². The van der Waals surface area contributed by atoms with Crippen molar-refractivity contribution in [2.45, 2.75) is 12.8 Å². The lowest BCUT2D eigenvalue weighted by atomic mass is 9.74. The monoisotopic (exact) mass is 261 g/mol. The second-order valence-corrected chi connectivity index (χ2v) is 5.63. The van der Waals surface area contributed by atoms with E-state index in [1.165, 1.54) is 19.4 Å². The Labute approximate surface area is 115 Å². The molecule has 0 radical (unpaired) electrons. The fourth-order valence-electron chi connectivity index (χ4n) is 2.93. The van der Waals surface area contributed by atoms with Crippen molar-refractivity contribution in [2.24, 2.45) is 11.8 Å². The molecule has 1 saturated heterocycles. The minimum Gasteiger partial charge on any atom is -0.493 e. The van der Waals surface area contributed by atoms with Crippen molar-refractivity contribution < 1.29 is 9.47 Å². The molecule has 104 valence electrons. The van der Waals surface area contributed by atoms with Crippen molar-refractivity contribution >= 4 is 0 Å². The van der Waals surface area contributed by atoms with E-state index in [1.807, 2.05) is 30.3 Å². The molecular weight excluding hydrogens is 238 g/mol. The minimum atomic E-state index is 0.739. The third-order valence-corrected chi connectivity index (χ3v) is 4.38. The van der Waals surface area contributed by atoms with Crippen molar-refractivity contribution in [2.75, 3.05) is 39.5 Å². The van der Waals surface area contributed by atoms with Crippen LogP contribution in [0.3, 0.4) is 0 Å². The van der Waals surface area contributed by atoms with Crippen LogP contribution in [0.2, 0.25) is 0 Å². The molecule has 3 nitrogen and oxygen atoms in total. The van der Waals surface area contributed by atoms with Gasteiger partial charge in [-0.25, -0.2) is 0 Å². The standard InChI is InChI=1S/C16H23NO2/c1-2-4-16(5-3-1)19-13-15-7-6-14(15)12-17-8-10-18-11-9-17/h1-5,14-15H,6-13H2/t14-,15+/m1/s1. The average Bonchev–Trinajstić information content (AvgIpc) is 2.46. The Bertz CT molecular complexity index is 376. The molecule has 2 fully saturated rings. The molecule has 2 atom stereocenters. The summed E-state index contributed by atoms with van der Waals surface area (Å²) in [5.41, 5.74) is 0. The molecule has 0 unspecified atom stereocenters. The lowest BCUT2D eigenvalue weighted by Crippen LogP contribution is -2.44. The second-order valence-electron chi connectivity index (χ2n) is 5.63. The zero-order valence-electron chi connectivity index (χ0n) is 11.5. The largest absolute Gasteiger partial charge is 0.493 e. The summed E-state index contributed by atoms with van der Waals surface area (Å²) in [7, 11) is 0. The quantitative estimate of drug-likeness (QED) is 0.812. The lowest BCUT2D eigenvalue weighted by molar-refractivity contribution is 0.00483. The molecule has 1 aliphatic carbocycles. The van der Waals surface area contributed by atoms with Gasteiger partial charge in [-0.2, -0.15) is 0 Å². The molecule has 0 aromatic heterocycles. The van der Waals surface area contributed by atoms with E-state index < -0.39 is 0 Å². The summed E-state index contributed by atoms with van der Waals surface area (Å²) >= 11 is 0. The van der Waals surface area contributed by atoms with Gasteiger partial charge in [-0.1, -0.05) is 18.2 Å². The first kappa shape index (κ1) is 12.9. The lowest BCUT2D eigenvalue weighted by Gasteiger charge is -2.40. The van der Waals surface area contributed by atoms with E-state index in [9.17, 15) is 0 Å². The van der Waals surface area contributed by atoms with E-state index in [1.54, 1.807) is 0 Å². The molecule has 0 bridgehead atoms. The zero-order chi connectivity index (χ0) is 12.9. The van der Waals surface area contributed by atoms with Gasteiger partial charge >= 0.3 is 0 Å². The highest BCUT2D eigenvalue weighted by Gasteiger charge is 2.32. The molecule has 3 heteroatoms. The van der Waals surface area contributed by atoms with Crippen LogP contribution in [0.15, 0.2) is 30.3 Å². The fraction of sp³-hybridized carbons (Fsp3) is 0.625. The third kappa shape index (κ3) is 3.48. The molecule has 19 heavy (non-hydrogen) atoms. The first-order valence-electron chi connectivity index (χ1n) is 7.40. The fourth-order valence-corrected chi connectivity index (χ4v) is 2.93. The Hall–Kier alpha value is -1.06. The highest BCUT2D eigenvalue weighted by molar-refractivity contribution is 5.20. The number of benzene rings is 1. The van der Waals surface area contributed by atoms with Crippen LogP contribution in [0.4, 0.5) is 0 Å². The summed E-state index contributed by atoms with van der Waals surface area (Å²) in [6.07, 6.45) is 2.68. The van der Waals surface area contributed by atoms with Gasteiger partial charge in [-0.15, -0.1) is 0 Å². The zero-order valence-corrected chi connectivity index (χ0v) is 11.5. The number of ether oxygens (including phenoxy) is 2. The number of morpholine rings is 1. The van der Waals surface area contributed by atoms with Crippen LogP contribution < -0.4 is 4.74 Å². The van der Waals surface area contributed by atoms with E-state index in [0.29, 0.717) is 0 Å². The normalized spacial score (nSPS) is 27.8.